The lowest BCUT2D eigenvalue weighted by atomic mass is 10.1. The molecule has 1 unspecified atom stereocenters. The standard InChI is InChI=1S/C20H27N5O2/c1-13-9-14(2)19(15(3)10-13)23-18(26)12-22-20(27)17-6-8-25(24-17)16-5-4-7-21-11-16/h6,8-10,16,21H,4-5,7,11-12H2,1-3H3,(H,22,27)(H,23,26). The van der Waals surface area contributed by atoms with Crippen LogP contribution in [0.3, 0.4) is 0 Å². The lowest BCUT2D eigenvalue weighted by Gasteiger charge is -2.22. The maximum Gasteiger partial charge on any atom is 0.272 e. The minimum absolute atomic E-state index is 0.0938. The second kappa shape index (κ2) is 8.35. The third-order valence-electron chi connectivity index (χ3n) is 4.84. The lowest BCUT2D eigenvalue weighted by molar-refractivity contribution is -0.115. The Bertz CT molecular complexity index is 814. The van der Waals surface area contributed by atoms with Gasteiger partial charge in [-0.15, -0.1) is 0 Å². The predicted molar refractivity (Wildman–Crippen MR) is 105 cm³/mol. The quantitative estimate of drug-likeness (QED) is 0.753. The van der Waals surface area contributed by atoms with Crippen molar-refractivity contribution in [3.05, 3.63) is 46.8 Å². The SMILES string of the molecule is Cc1cc(C)c(NC(=O)CNC(=O)c2ccn(C3CCCNC3)n2)c(C)c1. The van der Waals surface area contributed by atoms with E-state index in [1.165, 1.54) is 0 Å². The van der Waals surface area contributed by atoms with Crippen LogP contribution in [0.1, 0.15) is 46.1 Å². The molecular formula is C20H27N5O2. The van der Waals surface area contributed by atoms with Gasteiger partial charge in [-0.25, -0.2) is 0 Å². The molecule has 0 aliphatic carbocycles. The summed E-state index contributed by atoms with van der Waals surface area (Å²) in [6, 6.07) is 6.01. The van der Waals surface area contributed by atoms with Crippen molar-refractivity contribution in [2.24, 2.45) is 0 Å². The van der Waals surface area contributed by atoms with Crippen LogP contribution >= 0.6 is 0 Å². The van der Waals surface area contributed by atoms with Crippen LogP contribution in [0, 0.1) is 20.8 Å². The van der Waals surface area contributed by atoms with Gasteiger partial charge in [0.15, 0.2) is 0 Å². The molecular weight excluding hydrogens is 342 g/mol. The number of nitrogens with zero attached hydrogens (tertiary/aromatic N) is 2. The molecule has 2 heterocycles. The molecule has 0 saturated carbocycles. The fourth-order valence-corrected chi connectivity index (χ4v) is 3.53. The number of anilines is 1. The predicted octanol–water partition coefficient (Wildman–Crippen LogP) is 2.10. The molecule has 1 atom stereocenters. The molecule has 3 rings (SSSR count). The third kappa shape index (κ3) is 4.74. The molecule has 2 amide bonds. The van der Waals surface area contributed by atoms with Crippen LogP contribution in [0.2, 0.25) is 0 Å². The number of benzene rings is 1. The molecule has 1 aromatic carbocycles. The van der Waals surface area contributed by atoms with Gasteiger partial charge in [-0.3, -0.25) is 14.3 Å². The van der Waals surface area contributed by atoms with Crippen molar-refractivity contribution < 1.29 is 9.59 Å². The van der Waals surface area contributed by atoms with E-state index in [9.17, 15) is 9.59 Å². The first-order valence-corrected chi connectivity index (χ1v) is 9.36. The van der Waals surface area contributed by atoms with Crippen LogP contribution < -0.4 is 16.0 Å². The second-order valence-electron chi connectivity index (χ2n) is 7.19. The van der Waals surface area contributed by atoms with Crippen molar-refractivity contribution in [1.82, 2.24) is 20.4 Å². The Morgan fingerprint density at radius 1 is 1.26 bits per heavy atom. The summed E-state index contributed by atoms with van der Waals surface area (Å²) in [5.74, 6) is -0.598. The Hall–Kier alpha value is -2.67. The Morgan fingerprint density at radius 2 is 2.00 bits per heavy atom. The fourth-order valence-electron chi connectivity index (χ4n) is 3.53. The average molecular weight is 369 g/mol. The summed E-state index contributed by atoms with van der Waals surface area (Å²) >= 11 is 0. The molecule has 0 bridgehead atoms. The van der Waals surface area contributed by atoms with Crippen molar-refractivity contribution in [2.75, 3.05) is 25.0 Å². The Morgan fingerprint density at radius 3 is 2.67 bits per heavy atom. The van der Waals surface area contributed by atoms with Crippen molar-refractivity contribution in [3.8, 4) is 0 Å². The van der Waals surface area contributed by atoms with E-state index in [0.717, 1.165) is 48.3 Å². The monoisotopic (exact) mass is 369 g/mol. The highest BCUT2D eigenvalue weighted by Gasteiger charge is 2.18. The summed E-state index contributed by atoms with van der Waals surface area (Å²) in [5.41, 5.74) is 4.30. The molecule has 2 aromatic rings. The minimum atomic E-state index is -0.343. The molecule has 0 radical (unpaired) electrons. The number of piperidine rings is 1. The summed E-state index contributed by atoms with van der Waals surface area (Å²) in [7, 11) is 0. The molecule has 1 aromatic heterocycles. The van der Waals surface area contributed by atoms with Crippen molar-refractivity contribution in [3.63, 3.8) is 0 Å². The van der Waals surface area contributed by atoms with Crippen LogP contribution in [0.25, 0.3) is 0 Å². The first-order chi connectivity index (χ1) is 12.9. The molecule has 1 fully saturated rings. The molecule has 3 N–H and O–H groups in total. The van der Waals surface area contributed by atoms with E-state index < -0.39 is 0 Å². The highest BCUT2D eigenvalue weighted by molar-refractivity contribution is 5.99. The van der Waals surface area contributed by atoms with Crippen LogP contribution in [-0.2, 0) is 4.79 Å². The summed E-state index contributed by atoms with van der Waals surface area (Å²) in [5, 5.41) is 13.2. The molecule has 7 nitrogen and oxygen atoms in total. The minimum Gasteiger partial charge on any atom is -0.342 e. The second-order valence-corrected chi connectivity index (χ2v) is 7.19. The maximum absolute atomic E-state index is 12.3. The maximum atomic E-state index is 12.3. The van der Waals surface area contributed by atoms with Crippen molar-refractivity contribution in [1.29, 1.82) is 0 Å². The number of hydrogen-bond donors (Lipinski definition) is 3. The molecule has 1 aliphatic heterocycles. The Kier molecular flexibility index (Phi) is 5.91. The van der Waals surface area contributed by atoms with E-state index in [1.807, 2.05) is 43.8 Å². The number of rotatable bonds is 5. The zero-order chi connectivity index (χ0) is 19.4. The normalized spacial score (nSPS) is 16.8. The van der Waals surface area contributed by atoms with E-state index >= 15 is 0 Å². The molecule has 1 saturated heterocycles. The first kappa shape index (κ1) is 19.1. The summed E-state index contributed by atoms with van der Waals surface area (Å²) in [6.45, 7) is 7.74. The molecule has 7 heteroatoms. The van der Waals surface area contributed by atoms with Crippen LogP contribution in [0.4, 0.5) is 5.69 Å². The van der Waals surface area contributed by atoms with Gasteiger partial charge < -0.3 is 16.0 Å². The van der Waals surface area contributed by atoms with E-state index in [1.54, 1.807) is 6.07 Å². The summed E-state index contributed by atoms with van der Waals surface area (Å²) < 4.78 is 1.83. The van der Waals surface area contributed by atoms with Gasteiger partial charge >= 0.3 is 0 Å². The molecule has 144 valence electrons. The van der Waals surface area contributed by atoms with Crippen molar-refractivity contribution in [2.45, 2.75) is 39.7 Å². The van der Waals surface area contributed by atoms with Crippen LogP contribution in [-0.4, -0.2) is 41.2 Å². The Labute approximate surface area is 159 Å². The zero-order valence-electron chi connectivity index (χ0n) is 16.1. The van der Waals surface area contributed by atoms with Gasteiger partial charge in [0.05, 0.1) is 12.6 Å². The number of hydrogen-bond acceptors (Lipinski definition) is 4. The van der Waals surface area contributed by atoms with E-state index in [-0.39, 0.29) is 24.4 Å². The number of nitrogens with one attached hydrogen (secondary N) is 3. The number of aromatic nitrogens is 2. The van der Waals surface area contributed by atoms with Gasteiger partial charge in [0.1, 0.15) is 5.69 Å². The third-order valence-corrected chi connectivity index (χ3v) is 4.84. The Balaban J connectivity index is 1.54. The van der Waals surface area contributed by atoms with E-state index in [2.05, 4.69) is 21.0 Å². The van der Waals surface area contributed by atoms with Gasteiger partial charge in [0.2, 0.25) is 5.91 Å². The number of carbonyl (C=O) groups is 2. The van der Waals surface area contributed by atoms with Crippen molar-refractivity contribution >= 4 is 17.5 Å². The largest absolute Gasteiger partial charge is 0.342 e. The summed E-state index contributed by atoms with van der Waals surface area (Å²) in [4.78, 5) is 24.5. The average Bonchev–Trinajstić information content (AvgIpc) is 3.14. The lowest BCUT2D eigenvalue weighted by Crippen LogP contribution is -2.34. The van der Waals surface area contributed by atoms with Gasteiger partial charge in [0.25, 0.3) is 5.91 Å². The van der Waals surface area contributed by atoms with E-state index in [4.69, 9.17) is 0 Å². The molecule has 1 aliphatic rings. The molecule has 27 heavy (non-hydrogen) atoms. The fraction of sp³-hybridized carbons (Fsp3) is 0.450. The topological polar surface area (TPSA) is 88.0 Å². The zero-order valence-corrected chi connectivity index (χ0v) is 16.1. The highest BCUT2D eigenvalue weighted by Crippen LogP contribution is 2.21. The summed E-state index contributed by atoms with van der Waals surface area (Å²) in [6.07, 6.45) is 3.98. The number of amides is 2. The van der Waals surface area contributed by atoms with E-state index in [0.29, 0.717) is 5.69 Å². The highest BCUT2D eigenvalue weighted by atomic mass is 16.2. The van der Waals surface area contributed by atoms with Crippen LogP contribution in [0.15, 0.2) is 24.4 Å². The number of carbonyl (C=O) groups excluding carboxylic acids is 2. The van der Waals surface area contributed by atoms with Gasteiger partial charge in [0, 0.05) is 18.4 Å². The van der Waals surface area contributed by atoms with Gasteiger partial charge in [-0.05, 0) is 57.4 Å². The first-order valence-electron chi connectivity index (χ1n) is 9.36. The van der Waals surface area contributed by atoms with Gasteiger partial charge in [-0.1, -0.05) is 17.7 Å². The molecule has 0 spiro atoms. The smallest absolute Gasteiger partial charge is 0.272 e. The van der Waals surface area contributed by atoms with Crippen LogP contribution in [0.5, 0.6) is 0 Å². The van der Waals surface area contributed by atoms with Gasteiger partial charge in [-0.2, -0.15) is 5.10 Å². The number of aryl methyl sites for hydroxylation is 3.